The lowest BCUT2D eigenvalue weighted by Crippen LogP contribution is -2.13. The van der Waals surface area contributed by atoms with Gasteiger partial charge >= 0.3 is 0 Å². The van der Waals surface area contributed by atoms with E-state index in [1.165, 1.54) is 56.9 Å². The van der Waals surface area contributed by atoms with E-state index in [1.54, 1.807) is 0 Å². The van der Waals surface area contributed by atoms with E-state index in [4.69, 9.17) is 5.26 Å². The Balaban J connectivity index is 1.84. The summed E-state index contributed by atoms with van der Waals surface area (Å²) in [5.74, 6) is 1.62. The zero-order valence-corrected chi connectivity index (χ0v) is 12.0. The average Bonchev–Trinajstić information content (AvgIpc) is 2.48. The summed E-state index contributed by atoms with van der Waals surface area (Å²) in [6.07, 6.45) is 10.9. The van der Waals surface area contributed by atoms with Gasteiger partial charge < -0.3 is 0 Å². The fraction of sp³-hybridized carbons (Fsp3) is 0.611. The van der Waals surface area contributed by atoms with Gasteiger partial charge in [-0.2, -0.15) is 5.26 Å². The van der Waals surface area contributed by atoms with Crippen LogP contribution in [-0.2, 0) is 0 Å². The minimum Gasteiger partial charge on any atom is -0.192 e. The van der Waals surface area contributed by atoms with Gasteiger partial charge in [-0.1, -0.05) is 44.7 Å². The normalized spacial score (nSPS) is 22.9. The minimum absolute atomic E-state index is 0.670. The lowest BCUT2D eigenvalue weighted by Gasteiger charge is -2.29. The Labute approximate surface area is 117 Å². The molecule has 0 aromatic heterocycles. The van der Waals surface area contributed by atoms with Crippen LogP contribution >= 0.6 is 0 Å². The zero-order valence-electron chi connectivity index (χ0n) is 12.0. The number of unbranched alkanes of at least 4 members (excludes halogenated alkanes) is 2. The van der Waals surface area contributed by atoms with Gasteiger partial charge in [-0.05, 0) is 49.1 Å². The van der Waals surface area contributed by atoms with E-state index in [-0.39, 0.29) is 0 Å². The van der Waals surface area contributed by atoms with Gasteiger partial charge in [0.05, 0.1) is 11.6 Å². The van der Waals surface area contributed by atoms with Crippen LogP contribution in [0.15, 0.2) is 18.2 Å². The quantitative estimate of drug-likeness (QED) is 0.661. The van der Waals surface area contributed by atoms with Gasteiger partial charge in [0.1, 0.15) is 0 Å². The molecule has 19 heavy (non-hydrogen) atoms. The van der Waals surface area contributed by atoms with Gasteiger partial charge in [-0.15, -0.1) is 0 Å². The van der Waals surface area contributed by atoms with Crippen LogP contribution in [0, 0.1) is 23.3 Å². The smallest absolute Gasteiger partial charge is 0.0998 e. The molecular weight excluding hydrogens is 230 g/mol. The first kappa shape index (κ1) is 14.1. The number of rotatable bonds is 5. The summed E-state index contributed by atoms with van der Waals surface area (Å²) in [6, 6.07) is 11.2. The van der Waals surface area contributed by atoms with E-state index in [1.807, 2.05) is 12.1 Å². The molecule has 0 bridgehead atoms. The van der Waals surface area contributed by atoms with Crippen molar-refractivity contribution >= 4 is 0 Å². The highest BCUT2D eigenvalue weighted by atomic mass is 14.3. The second-order valence-corrected chi connectivity index (χ2v) is 5.86. The van der Waals surface area contributed by atoms with Crippen LogP contribution in [0.25, 0.3) is 0 Å². The van der Waals surface area contributed by atoms with Gasteiger partial charge in [0.2, 0.25) is 0 Å². The molecule has 1 aromatic rings. The van der Waals surface area contributed by atoms with E-state index in [0.717, 1.165) is 5.92 Å². The van der Waals surface area contributed by atoms with Crippen molar-refractivity contribution in [1.29, 1.82) is 5.26 Å². The topological polar surface area (TPSA) is 23.8 Å². The van der Waals surface area contributed by atoms with Crippen molar-refractivity contribution in [3.63, 3.8) is 0 Å². The predicted octanol–water partition coefficient (Wildman–Crippen LogP) is 5.21. The Morgan fingerprint density at radius 3 is 2.74 bits per heavy atom. The molecule has 1 fully saturated rings. The molecule has 1 radical (unpaired) electrons. The highest BCUT2D eigenvalue weighted by molar-refractivity contribution is 5.33. The standard InChI is InChI=1S/C18H24N/c1-2-3-4-6-15-9-11-17(12-10-15)18-8-5-7-16(13-18)14-19/h5,8,13,15,17H,2-4,6,9-12H2,1H3. The van der Waals surface area contributed by atoms with Crippen molar-refractivity contribution in [3.05, 3.63) is 35.4 Å². The highest BCUT2D eigenvalue weighted by Gasteiger charge is 2.22. The Bertz CT molecular complexity index is 422. The molecule has 1 aliphatic carbocycles. The Morgan fingerprint density at radius 1 is 1.26 bits per heavy atom. The zero-order chi connectivity index (χ0) is 13.5. The number of benzene rings is 1. The highest BCUT2D eigenvalue weighted by Crippen LogP contribution is 2.37. The third kappa shape index (κ3) is 4.10. The number of hydrogen-bond donors (Lipinski definition) is 0. The summed E-state index contributed by atoms with van der Waals surface area (Å²) in [5.41, 5.74) is 2.03. The molecule has 0 spiro atoms. The van der Waals surface area contributed by atoms with Crippen LogP contribution in [0.2, 0.25) is 0 Å². The molecule has 0 aliphatic heterocycles. The molecule has 1 nitrogen and oxygen atoms in total. The first-order chi connectivity index (χ1) is 9.33. The van der Waals surface area contributed by atoms with Crippen LogP contribution in [-0.4, -0.2) is 0 Å². The van der Waals surface area contributed by atoms with E-state index < -0.39 is 0 Å². The average molecular weight is 254 g/mol. The molecule has 0 unspecified atom stereocenters. The number of nitriles is 1. The Kier molecular flexibility index (Phi) is 5.45. The maximum Gasteiger partial charge on any atom is 0.0998 e. The molecule has 0 saturated heterocycles. The van der Waals surface area contributed by atoms with Crippen molar-refractivity contribution < 1.29 is 0 Å². The largest absolute Gasteiger partial charge is 0.192 e. The van der Waals surface area contributed by atoms with Crippen LogP contribution in [0.1, 0.15) is 75.3 Å². The lowest BCUT2D eigenvalue weighted by molar-refractivity contribution is 0.303. The molecular formula is C18H24N. The summed E-state index contributed by atoms with van der Waals surface area (Å²) in [4.78, 5) is 0. The Morgan fingerprint density at radius 2 is 2.05 bits per heavy atom. The van der Waals surface area contributed by atoms with Gasteiger partial charge in [0.25, 0.3) is 0 Å². The van der Waals surface area contributed by atoms with Crippen molar-refractivity contribution in [2.24, 2.45) is 5.92 Å². The third-order valence-corrected chi connectivity index (χ3v) is 4.48. The van der Waals surface area contributed by atoms with Crippen molar-refractivity contribution in [2.45, 2.75) is 64.2 Å². The summed E-state index contributed by atoms with van der Waals surface area (Å²) < 4.78 is 0. The van der Waals surface area contributed by atoms with Crippen LogP contribution in [0.5, 0.6) is 0 Å². The van der Waals surface area contributed by atoms with Gasteiger partial charge in [-0.3, -0.25) is 0 Å². The molecule has 0 heterocycles. The third-order valence-electron chi connectivity index (χ3n) is 4.48. The van der Waals surface area contributed by atoms with Gasteiger partial charge in [-0.25, -0.2) is 0 Å². The maximum absolute atomic E-state index is 8.94. The fourth-order valence-corrected chi connectivity index (χ4v) is 3.27. The summed E-state index contributed by atoms with van der Waals surface area (Å²) in [6.45, 7) is 2.27. The molecule has 101 valence electrons. The molecule has 1 saturated carbocycles. The summed E-state index contributed by atoms with van der Waals surface area (Å²) >= 11 is 0. The van der Waals surface area contributed by atoms with Crippen molar-refractivity contribution in [3.8, 4) is 6.07 Å². The molecule has 0 atom stereocenters. The molecule has 1 aliphatic rings. The maximum atomic E-state index is 8.94. The lowest BCUT2D eigenvalue weighted by atomic mass is 9.77. The van der Waals surface area contributed by atoms with Crippen molar-refractivity contribution in [2.75, 3.05) is 0 Å². The first-order valence-electron chi connectivity index (χ1n) is 7.75. The van der Waals surface area contributed by atoms with E-state index in [2.05, 4.69) is 25.1 Å². The van der Waals surface area contributed by atoms with Crippen LogP contribution in [0.4, 0.5) is 0 Å². The van der Waals surface area contributed by atoms with E-state index >= 15 is 0 Å². The summed E-state index contributed by atoms with van der Waals surface area (Å²) in [7, 11) is 0. The van der Waals surface area contributed by atoms with Gasteiger partial charge in [0.15, 0.2) is 0 Å². The monoisotopic (exact) mass is 254 g/mol. The Hall–Kier alpha value is -1.29. The second kappa shape index (κ2) is 7.34. The molecule has 1 aromatic carbocycles. The molecule has 2 rings (SSSR count). The van der Waals surface area contributed by atoms with Crippen LogP contribution < -0.4 is 0 Å². The molecule has 0 amide bonds. The first-order valence-corrected chi connectivity index (χ1v) is 7.75. The molecule has 1 heteroatoms. The predicted molar refractivity (Wildman–Crippen MR) is 78.8 cm³/mol. The minimum atomic E-state index is 0.670. The van der Waals surface area contributed by atoms with E-state index in [0.29, 0.717) is 11.5 Å². The second-order valence-electron chi connectivity index (χ2n) is 5.86. The SMILES string of the molecule is CCCCCC1CCC(c2cc[c]c(C#N)c2)CC1. The van der Waals surface area contributed by atoms with E-state index in [9.17, 15) is 0 Å². The number of hydrogen-bond acceptors (Lipinski definition) is 1. The van der Waals surface area contributed by atoms with Gasteiger partial charge in [0, 0.05) is 6.07 Å². The summed E-state index contributed by atoms with van der Waals surface area (Å²) in [5, 5.41) is 8.94. The number of nitrogens with zero attached hydrogens (tertiary/aromatic N) is 1. The van der Waals surface area contributed by atoms with Crippen molar-refractivity contribution in [1.82, 2.24) is 0 Å². The molecule has 0 N–H and O–H groups in total. The van der Waals surface area contributed by atoms with Crippen LogP contribution in [0.3, 0.4) is 0 Å². The fourth-order valence-electron chi connectivity index (χ4n) is 3.27.